The van der Waals surface area contributed by atoms with Gasteiger partial charge in [0.15, 0.2) is 0 Å². The van der Waals surface area contributed by atoms with E-state index in [1.54, 1.807) is 0 Å². The molecular formula is C9H8AsClO3. The fourth-order valence-electron chi connectivity index (χ4n) is 0.963. The Labute approximate surface area is 95.5 Å². The van der Waals surface area contributed by atoms with E-state index in [1.807, 2.05) is 6.92 Å². The molecule has 0 amide bonds. The first kappa shape index (κ1) is 11.4. The van der Waals surface area contributed by atoms with Gasteiger partial charge in [0, 0.05) is 0 Å². The van der Waals surface area contributed by atoms with E-state index >= 15 is 0 Å². The number of carbonyl (C=O) groups is 1. The van der Waals surface area contributed by atoms with Crippen LogP contribution in [-0.4, -0.2) is 34.5 Å². The molecule has 1 rings (SSSR count). The molecular weight excluding hydrogens is 266 g/mol. The van der Waals surface area contributed by atoms with Gasteiger partial charge >= 0.3 is 95.4 Å². The van der Waals surface area contributed by atoms with E-state index in [1.165, 1.54) is 12.1 Å². The molecule has 0 spiro atoms. The van der Waals surface area contributed by atoms with E-state index in [9.17, 15) is 4.79 Å². The first-order chi connectivity index (χ1) is 6.56. The Balaban J connectivity index is 3.20. The number of ether oxygens (including phenoxy) is 1. The van der Waals surface area contributed by atoms with Crippen molar-refractivity contribution in [1.82, 2.24) is 0 Å². The molecule has 3 nitrogen and oxygen atoms in total. The van der Waals surface area contributed by atoms with Crippen LogP contribution >= 0.6 is 11.6 Å². The van der Waals surface area contributed by atoms with Gasteiger partial charge in [0.1, 0.15) is 0 Å². The molecule has 74 valence electrons. The van der Waals surface area contributed by atoms with E-state index in [4.69, 9.17) is 21.4 Å². The summed E-state index contributed by atoms with van der Waals surface area (Å²) in [5.41, 5.74) is 0.133. The van der Waals surface area contributed by atoms with E-state index in [0.717, 1.165) is 0 Å². The molecule has 0 aliphatic rings. The zero-order chi connectivity index (χ0) is 10.7. The summed E-state index contributed by atoms with van der Waals surface area (Å²) in [6.07, 6.45) is 0. The minimum absolute atomic E-state index is 0.133. The molecule has 0 aliphatic heterocycles. The zero-order valence-corrected chi connectivity index (χ0v) is 10.1. The molecule has 0 fully saturated rings. The van der Waals surface area contributed by atoms with E-state index in [2.05, 4.69) is 16.9 Å². The summed E-state index contributed by atoms with van der Waals surface area (Å²) >= 11 is 8.11. The van der Waals surface area contributed by atoms with Crippen molar-refractivity contribution in [1.29, 1.82) is 0 Å². The molecule has 0 aromatic heterocycles. The molecule has 0 bridgehead atoms. The SMILES string of the molecule is CCOc1cc(C(=O)O)cc(Cl)c1[As]. The maximum absolute atomic E-state index is 10.7. The Morgan fingerprint density at radius 2 is 2.29 bits per heavy atom. The molecule has 2 radical (unpaired) electrons. The van der Waals surface area contributed by atoms with Crippen LogP contribution in [0, 0.1) is 0 Å². The average molecular weight is 275 g/mol. The van der Waals surface area contributed by atoms with Gasteiger partial charge in [-0.3, -0.25) is 0 Å². The van der Waals surface area contributed by atoms with Gasteiger partial charge in [-0.2, -0.15) is 0 Å². The number of halogens is 1. The van der Waals surface area contributed by atoms with E-state index < -0.39 is 5.97 Å². The van der Waals surface area contributed by atoms with Crippen LogP contribution in [-0.2, 0) is 0 Å². The third kappa shape index (κ3) is 2.43. The number of hydrogen-bond donors (Lipinski definition) is 1. The second-order valence-electron chi connectivity index (χ2n) is 2.54. The molecule has 0 heterocycles. The van der Waals surface area contributed by atoms with Crippen molar-refractivity contribution < 1.29 is 14.6 Å². The van der Waals surface area contributed by atoms with Gasteiger partial charge in [0.2, 0.25) is 0 Å². The number of carboxylic acid groups (broad SMARTS) is 1. The van der Waals surface area contributed by atoms with Gasteiger partial charge in [0.25, 0.3) is 0 Å². The van der Waals surface area contributed by atoms with Crippen molar-refractivity contribution in [3.8, 4) is 5.75 Å². The predicted octanol–water partition coefficient (Wildman–Crippen LogP) is 1.23. The van der Waals surface area contributed by atoms with Crippen LogP contribution in [0.15, 0.2) is 12.1 Å². The first-order valence-corrected chi connectivity index (χ1v) is 5.26. The van der Waals surface area contributed by atoms with Crippen molar-refractivity contribution in [2.75, 3.05) is 6.61 Å². The van der Waals surface area contributed by atoms with Crippen LogP contribution in [0.4, 0.5) is 0 Å². The second-order valence-corrected chi connectivity index (χ2v) is 3.89. The molecule has 1 N–H and O–H groups in total. The summed E-state index contributed by atoms with van der Waals surface area (Å²) in [5.74, 6) is -0.516. The van der Waals surface area contributed by atoms with Crippen LogP contribution in [0.1, 0.15) is 17.3 Å². The van der Waals surface area contributed by atoms with Gasteiger partial charge in [-0.1, -0.05) is 0 Å². The third-order valence-corrected chi connectivity index (χ3v) is 3.13. The average Bonchev–Trinajstić information content (AvgIpc) is 2.12. The zero-order valence-electron chi connectivity index (χ0n) is 7.45. The Morgan fingerprint density at radius 3 is 2.79 bits per heavy atom. The third-order valence-electron chi connectivity index (χ3n) is 1.58. The van der Waals surface area contributed by atoms with Gasteiger partial charge in [-0.15, -0.1) is 0 Å². The van der Waals surface area contributed by atoms with Crippen LogP contribution in [0.2, 0.25) is 5.02 Å². The summed E-state index contributed by atoms with van der Waals surface area (Å²) in [6, 6.07) is 2.87. The molecule has 14 heavy (non-hydrogen) atoms. The van der Waals surface area contributed by atoms with Gasteiger partial charge < -0.3 is 0 Å². The minimum atomic E-state index is -1.01. The summed E-state index contributed by atoms with van der Waals surface area (Å²) in [5, 5.41) is 9.16. The van der Waals surface area contributed by atoms with Crippen LogP contribution in [0.3, 0.4) is 0 Å². The summed E-state index contributed by atoms with van der Waals surface area (Å²) in [7, 11) is 0. The Hall–Kier alpha value is -0.662. The molecule has 5 heteroatoms. The number of benzene rings is 1. The Bertz CT molecular complexity index is 365. The predicted molar refractivity (Wildman–Crippen MR) is 55.0 cm³/mol. The molecule has 1 aromatic rings. The van der Waals surface area contributed by atoms with Gasteiger partial charge in [-0.25, -0.2) is 0 Å². The van der Waals surface area contributed by atoms with E-state index in [-0.39, 0.29) is 5.56 Å². The van der Waals surface area contributed by atoms with Crippen molar-refractivity contribution >= 4 is 38.8 Å². The molecule has 0 atom stereocenters. The second kappa shape index (κ2) is 4.72. The standard InChI is InChI=1S/C9H8AsClO3/c1-2-14-7-4-5(9(12)13)3-6(11)8(7)10/h3-4H,2H2,1H3,(H,12,13). The molecule has 0 saturated carbocycles. The maximum atomic E-state index is 10.7. The number of rotatable bonds is 3. The number of carboxylic acids is 1. The van der Waals surface area contributed by atoms with Gasteiger partial charge in [0.05, 0.1) is 0 Å². The Kier molecular flexibility index (Phi) is 3.85. The molecule has 0 aliphatic carbocycles. The monoisotopic (exact) mass is 274 g/mol. The topological polar surface area (TPSA) is 46.5 Å². The summed E-state index contributed by atoms with van der Waals surface area (Å²) in [4.78, 5) is 10.7. The van der Waals surface area contributed by atoms with Crippen molar-refractivity contribution in [3.05, 3.63) is 22.7 Å². The van der Waals surface area contributed by atoms with Crippen molar-refractivity contribution in [2.45, 2.75) is 6.92 Å². The summed E-state index contributed by atoms with van der Waals surface area (Å²) < 4.78 is 5.94. The van der Waals surface area contributed by atoms with Gasteiger partial charge in [-0.05, 0) is 0 Å². The Morgan fingerprint density at radius 1 is 1.64 bits per heavy atom. The molecule has 1 aromatic carbocycles. The summed E-state index contributed by atoms with van der Waals surface area (Å²) in [6.45, 7) is 2.30. The normalized spacial score (nSPS) is 9.93. The molecule has 0 unspecified atom stereocenters. The van der Waals surface area contributed by atoms with Crippen LogP contribution < -0.4 is 9.09 Å². The van der Waals surface area contributed by atoms with Crippen LogP contribution in [0.5, 0.6) is 5.75 Å². The fraction of sp³-hybridized carbons (Fsp3) is 0.222. The van der Waals surface area contributed by atoms with E-state index in [0.29, 0.717) is 21.7 Å². The molecule has 0 saturated heterocycles. The first-order valence-electron chi connectivity index (χ1n) is 3.94. The number of aromatic carboxylic acids is 1. The van der Waals surface area contributed by atoms with Crippen molar-refractivity contribution in [3.63, 3.8) is 0 Å². The fourth-order valence-corrected chi connectivity index (χ4v) is 1.58. The van der Waals surface area contributed by atoms with Crippen molar-refractivity contribution in [2.24, 2.45) is 0 Å². The van der Waals surface area contributed by atoms with Crippen LogP contribution in [0.25, 0.3) is 0 Å². The number of hydrogen-bond acceptors (Lipinski definition) is 2. The quantitative estimate of drug-likeness (QED) is 0.844.